The zero-order valence-corrected chi connectivity index (χ0v) is 12.6. The van der Waals surface area contributed by atoms with Crippen LogP contribution in [0.2, 0.25) is 0 Å². The molecule has 92 valence electrons. The predicted molar refractivity (Wildman–Crippen MR) is 74.3 cm³/mol. The van der Waals surface area contributed by atoms with Gasteiger partial charge in [-0.2, -0.15) is 0 Å². The summed E-state index contributed by atoms with van der Waals surface area (Å²) < 4.78 is 6.28. The smallest absolute Gasteiger partial charge is 0.188 e. The average Bonchev–Trinajstić information content (AvgIpc) is 2.58. The van der Waals surface area contributed by atoms with Crippen LogP contribution in [0.3, 0.4) is 0 Å². The number of thiophene rings is 1. The molecule has 2 nitrogen and oxygen atoms in total. The zero-order chi connectivity index (χ0) is 12.0. The molecule has 0 saturated carbocycles. The van der Waals surface area contributed by atoms with Gasteiger partial charge < -0.3 is 10.1 Å². The van der Waals surface area contributed by atoms with E-state index < -0.39 is 0 Å². The molecule has 4 heteroatoms. The molecule has 1 aromatic heterocycles. The van der Waals surface area contributed by atoms with Crippen LogP contribution >= 0.6 is 27.3 Å². The summed E-state index contributed by atoms with van der Waals surface area (Å²) in [7, 11) is 1.70. The predicted octanol–water partition coefficient (Wildman–Crippen LogP) is 4.05. The highest BCUT2D eigenvalue weighted by Crippen LogP contribution is 2.34. The lowest BCUT2D eigenvalue weighted by atomic mass is 10.1. The highest BCUT2D eigenvalue weighted by molar-refractivity contribution is 9.10. The van der Waals surface area contributed by atoms with Crippen LogP contribution in [-0.2, 0) is 6.54 Å². The van der Waals surface area contributed by atoms with Crippen LogP contribution in [0.1, 0.15) is 31.6 Å². The third kappa shape index (κ3) is 4.85. The summed E-state index contributed by atoms with van der Waals surface area (Å²) in [5.41, 5.74) is 0. The minimum absolute atomic E-state index is 0.803. The molecule has 0 unspecified atom stereocenters. The lowest BCUT2D eigenvalue weighted by Gasteiger charge is -2.05. The minimum atomic E-state index is 0.803. The first kappa shape index (κ1) is 14.0. The molecule has 1 N–H and O–H groups in total. The number of rotatable bonds is 7. The maximum absolute atomic E-state index is 5.23. The van der Waals surface area contributed by atoms with Gasteiger partial charge in [-0.25, -0.2) is 0 Å². The SMILES string of the molecule is COc1sc(CNCCCC(C)C)cc1Br. The van der Waals surface area contributed by atoms with Crippen molar-refractivity contribution in [2.75, 3.05) is 13.7 Å². The summed E-state index contributed by atoms with van der Waals surface area (Å²) >= 11 is 5.17. The van der Waals surface area contributed by atoms with Crippen LogP contribution < -0.4 is 10.1 Å². The van der Waals surface area contributed by atoms with E-state index >= 15 is 0 Å². The van der Waals surface area contributed by atoms with Crippen LogP contribution in [-0.4, -0.2) is 13.7 Å². The zero-order valence-electron chi connectivity index (χ0n) is 10.2. The fraction of sp³-hybridized carbons (Fsp3) is 0.667. The van der Waals surface area contributed by atoms with Gasteiger partial charge >= 0.3 is 0 Å². The van der Waals surface area contributed by atoms with E-state index in [1.807, 2.05) is 0 Å². The van der Waals surface area contributed by atoms with Crippen molar-refractivity contribution in [3.05, 3.63) is 15.4 Å². The molecule has 0 aromatic carbocycles. The minimum Gasteiger partial charge on any atom is -0.486 e. The molecule has 0 aliphatic heterocycles. The Morgan fingerprint density at radius 3 is 2.81 bits per heavy atom. The Morgan fingerprint density at radius 2 is 2.25 bits per heavy atom. The Kier molecular flexibility index (Phi) is 6.39. The molecule has 16 heavy (non-hydrogen) atoms. The molecular weight excluding hydrogens is 286 g/mol. The van der Waals surface area contributed by atoms with Crippen molar-refractivity contribution < 1.29 is 4.74 Å². The van der Waals surface area contributed by atoms with Gasteiger partial charge in [0.1, 0.15) is 0 Å². The average molecular weight is 306 g/mol. The van der Waals surface area contributed by atoms with E-state index in [0.29, 0.717) is 0 Å². The largest absolute Gasteiger partial charge is 0.486 e. The number of halogens is 1. The molecule has 1 aromatic rings. The summed E-state index contributed by atoms with van der Waals surface area (Å²) in [5, 5.41) is 4.41. The number of hydrogen-bond donors (Lipinski definition) is 1. The van der Waals surface area contributed by atoms with Gasteiger partial charge in [0.25, 0.3) is 0 Å². The second kappa shape index (κ2) is 7.30. The van der Waals surface area contributed by atoms with E-state index in [1.54, 1.807) is 18.4 Å². The van der Waals surface area contributed by atoms with Gasteiger partial charge in [-0.15, -0.1) is 11.3 Å². The van der Waals surface area contributed by atoms with Crippen molar-refractivity contribution in [1.82, 2.24) is 5.32 Å². The fourth-order valence-corrected chi connectivity index (χ4v) is 3.13. The van der Waals surface area contributed by atoms with Crippen LogP contribution in [0, 0.1) is 5.92 Å². The van der Waals surface area contributed by atoms with E-state index in [0.717, 1.165) is 28.5 Å². The lowest BCUT2D eigenvalue weighted by Crippen LogP contribution is -2.14. The van der Waals surface area contributed by atoms with Gasteiger partial charge in [0.2, 0.25) is 0 Å². The summed E-state index contributed by atoms with van der Waals surface area (Å²) in [4.78, 5) is 1.31. The quantitative estimate of drug-likeness (QED) is 0.768. The van der Waals surface area contributed by atoms with Crippen LogP contribution in [0.15, 0.2) is 10.5 Å². The third-order valence-electron chi connectivity index (χ3n) is 2.33. The van der Waals surface area contributed by atoms with Gasteiger partial charge in [-0.05, 0) is 47.3 Å². The number of ether oxygens (including phenoxy) is 1. The van der Waals surface area contributed by atoms with Gasteiger partial charge in [0.05, 0.1) is 11.6 Å². The Hall–Kier alpha value is -0.0600. The van der Waals surface area contributed by atoms with Crippen molar-refractivity contribution in [1.29, 1.82) is 0 Å². The molecule has 0 saturated heterocycles. The first-order valence-corrected chi connectivity index (χ1v) is 7.27. The number of hydrogen-bond acceptors (Lipinski definition) is 3. The first-order chi connectivity index (χ1) is 7.63. The second-order valence-electron chi connectivity index (χ2n) is 4.27. The fourth-order valence-electron chi connectivity index (χ4n) is 1.47. The summed E-state index contributed by atoms with van der Waals surface area (Å²) in [6.07, 6.45) is 2.55. The number of methoxy groups -OCH3 is 1. The standard InChI is InChI=1S/C12H20BrNOS/c1-9(2)5-4-6-14-8-10-7-11(13)12(15-3)16-10/h7,9,14H,4-6,8H2,1-3H3. The Labute approximate surface area is 111 Å². The molecule has 1 heterocycles. The molecule has 0 fully saturated rings. The third-order valence-corrected chi connectivity index (χ3v) is 4.27. The lowest BCUT2D eigenvalue weighted by molar-refractivity contribution is 0.425. The Bertz CT molecular complexity index is 312. The molecule has 1 rings (SSSR count). The topological polar surface area (TPSA) is 21.3 Å². The van der Waals surface area contributed by atoms with Crippen molar-refractivity contribution >= 4 is 27.3 Å². The molecule has 0 bridgehead atoms. The van der Waals surface area contributed by atoms with Gasteiger partial charge in [-0.1, -0.05) is 13.8 Å². The van der Waals surface area contributed by atoms with Crippen molar-refractivity contribution in [2.24, 2.45) is 5.92 Å². The normalized spacial score (nSPS) is 11.1. The molecular formula is C12H20BrNOS. The highest BCUT2D eigenvalue weighted by Gasteiger charge is 2.06. The van der Waals surface area contributed by atoms with E-state index in [9.17, 15) is 0 Å². The monoisotopic (exact) mass is 305 g/mol. The maximum atomic E-state index is 5.23. The van der Waals surface area contributed by atoms with Crippen LogP contribution in [0.4, 0.5) is 0 Å². The van der Waals surface area contributed by atoms with Gasteiger partial charge in [0, 0.05) is 11.4 Å². The van der Waals surface area contributed by atoms with Gasteiger partial charge in [0.15, 0.2) is 5.06 Å². The van der Waals surface area contributed by atoms with E-state index in [2.05, 4.69) is 41.2 Å². The summed E-state index contributed by atoms with van der Waals surface area (Å²) in [5.74, 6) is 0.803. The summed E-state index contributed by atoms with van der Waals surface area (Å²) in [6, 6.07) is 2.12. The molecule has 0 radical (unpaired) electrons. The van der Waals surface area contributed by atoms with E-state index in [-0.39, 0.29) is 0 Å². The van der Waals surface area contributed by atoms with Crippen molar-refractivity contribution in [3.8, 4) is 5.06 Å². The Morgan fingerprint density at radius 1 is 1.50 bits per heavy atom. The summed E-state index contributed by atoms with van der Waals surface area (Å²) in [6.45, 7) is 6.56. The van der Waals surface area contributed by atoms with Gasteiger partial charge in [-0.3, -0.25) is 0 Å². The van der Waals surface area contributed by atoms with Crippen molar-refractivity contribution in [2.45, 2.75) is 33.2 Å². The van der Waals surface area contributed by atoms with Crippen LogP contribution in [0.25, 0.3) is 0 Å². The van der Waals surface area contributed by atoms with Crippen molar-refractivity contribution in [3.63, 3.8) is 0 Å². The maximum Gasteiger partial charge on any atom is 0.188 e. The Balaban J connectivity index is 2.21. The first-order valence-electron chi connectivity index (χ1n) is 5.66. The molecule has 0 spiro atoms. The van der Waals surface area contributed by atoms with E-state index in [4.69, 9.17) is 4.74 Å². The number of nitrogens with one attached hydrogen (secondary N) is 1. The van der Waals surface area contributed by atoms with Crippen LogP contribution in [0.5, 0.6) is 5.06 Å². The van der Waals surface area contributed by atoms with E-state index in [1.165, 1.54) is 17.7 Å². The highest BCUT2D eigenvalue weighted by atomic mass is 79.9. The molecule has 0 atom stereocenters. The molecule has 0 aliphatic carbocycles. The molecule has 0 aliphatic rings. The molecule has 0 amide bonds. The second-order valence-corrected chi connectivity index (χ2v) is 6.22.